The van der Waals surface area contributed by atoms with Crippen LogP contribution in [0.5, 0.6) is 0 Å². The molecule has 0 fully saturated rings. The smallest absolute Gasteiger partial charge is 0.137 e. The van der Waals surface area contributed by atoms with Crippen LogP contribution in [0.3, 0.4) is 0 Å². The van der Waals surface area contributed by atoms with Gasteiger partial charge in [0.25, 0.3) is 0 Å². The van der Waals surface area contributed by atoms with Gasteiger partial charge in [0.2, 0.25) is 0 Å². The molecule has 68 valence electrons. The Hall–Kier alpha value is -1.35. The Morgan fingerprint density at radius 2 is 2.23 bits per heavy atom. The fraction of sp³-hybridized carbons (Fsp3) is 0.300. The number of nitrogens with zero attached hydrogens (tertiary/aromatic N) is 1. The van der Waals surface area contributed by atoms with Crippen molar-refractivity contribution in [2.75, 3.05) is 0 Å². The van der Waals surface area contributed by atoms with Crippen LogP contribution in [-0.2, 0) is 5.54 Å². The van der Waals surface area contributed by atoms with Crippen LogP contribution in [0.2, 0.25) is 0 Å². The summed E-state index contributed by atoms with van der Waals surface area (Å²) in [6, 6.07) is 3.77. The molecule has 3 nitrogen and oxygen atoms in total. The highest BCUT2D eigenvalue weighted by atomic mass is 16.3. The Kier molecular flexibility index (Phi) is 1.63. The van der Waals surface area contributed by atoms with E-state index in [2.05, 4.69) is 4.98 Å². The van der Waals surface area contributed by atoms with Crippen LogP contribution in [0.15, 0.2) is 29.0 Å². The van der Waals surface area contributed by atoms with Gasteiger partial charge in [0.1, 0.15) is 5.58 Å². The number of hydrogen-bond acceptors (Lipinski definition) is 3. The molecule has 0 aliphatic heterocycles. The van der Waals surface area contributed by atoms with Gasteiger partial charge < -0.3 is 10.2 Å². The van der Waals surface area contributed by atoms with Gasteiger partial charge in [-0.3, -0.25) is 4.98 Å². The SMILES string of the molecule is CC(C)(N)c1cc2occc2cn1. The van der Waals surface area contributed by atoms with Gasteiger partial charge in [0, 0.05) is 17.6 Å². The third kappa shape index (κ3) is 1.42. The average molecular weight is 176 g/mol. The van der Waals surface area contributed by atoms with E-state index in [0.29, 0.717) is 0 Å². The first-order valence-electron chi connectivity index (χ1n) is 4.20. The Morgan fingerprint density at radius 3 is 2.92 bits per heavy atom. The molecule has 2 N–H and O–H groups in total. The average Bonchev–Trinajstić information content (AvgIpc) is 2.47. The van der Waals surface area contributed by atoms with Crippen molar-refractivity contribution >= 4 is 11.0 Å². The van der Waals surface area contributed by atoms with Gasteiger partial charge in [0.05, 0.1) is 17.5 Å². The summed E-state index contributed by atoms with van der Waals surface area (Å²) in [6.07, 6.45) is 3.43. The Morgan fingerprint density at radius 1 is 1.46 bits per heavy atom. The monoisotopic (exact) mass is 176 g/mol. The summed E-state index contributed by atoms with van der Waals surface area (Å²) in [4.78, 5) is 4.27. The number of rotatable bonds is 1. The molecule has 0 spiro atoms. The zero-order valence-electron chi connectivity index (χ0n) is 7.74. The number of fused-ring (bicyclic) bond motifs is 1. The van der Waals surface area contributed by atoms with E-state index >= 15 is 0 Å². The molecule has 0 aliphatic rings. The second-order valence-corrected chi connectivity index (χ2v) is 3.75. The summed E-state index contributed by atoms with van der Waals surface area (Å²) in [5.74, 6) is 0. The Balaban J connectivity index is 2.61. The van der Waals surface area contributed by atoms with Crippen LogP contribution >= 0.6 is 0 Å². The van der Waals surface area contributed by atoms with E-state index in [9.17, 15) is 0 Å². The van der Waals surface area contributed by atoms with E-state index in [-0.39, 0.29) is 0 Å². The zero-order valence-corrected chi connectivity index (χ0v) is 7.74. The lowest BCUT2D eigenvalue weighted by Gasteiger charge is -2.16. The van der Waals surface area contributed by atoms with Crippen molar-refractivity contribution in [1.29, 1.82) is 0 Å². The molecule has 0 saturated heterocycles. The molecule has 0 unspecified atom stereocenters. The lowest BCUT2D eigenvalue weighted by atomic mass is 10.0. The van der Waals surface area contributed by atoms with Crippen LogP contribution in [0.1, 0.15) is 19.5 Å². The third-order valence-electron chi connectivity index (χ3n) is 2.00. The molecule has 2 aromatic heterocycles. The van der Waals surface area contributed by atoms with Gasteiger partial charge in [-0.2, -0.15) is 0 Å². The van der Waals surface area contributed by atoms with E-state index in [0.717, 1.165) is 16.7 Å². The first-order chi connectivity index (χ1) is 6.07. The molecule has 0 saturated carbocycles. The summed E-state index contributed by atoms with van der Waals surface area (Å²) in [5.41, 5.74) is 7.18. The minimum absolute atomic E-state index is 0.416. The number of aromatic nitrogens is 1. The highest BCUT2D eigenvalue weighted by molar-refractivity contribution is 5.76. The number of hydrogen-bond donors (Lipinski definition) is 1. The Bertz CT molecular complexity index is 426. The van der Waals surface area contributed by atoms with Crippen molar-refractivity contribution in [3.8, 4) is 0 Å². The molecule has 3 heteroatoms. The first-order valence-corrected chi connectivity index (χ1v) is 4.20. The molecule has 0 amide bonds. The molecular formula is C10H12N2O. The van der Waals surface area contributed by atoms with Gasteiger partial charge in [-0.25, -0.2) is 0 Å². The van der Waals surface area contributed by atoms with Crippen LogP contribution in [0.4, 0.5) is 0 Å². The molecule has 0 atom stereocenters. The van der Waals surface area contributed by atoms with E-state index in [4.69, 9.17) is 10.2 Å². The summed E-state index contributed by atoms with van der Waals surface area (Å²) in [6.45, 7) is 3.84. The van der Waals surface area contributed by atoms with Gasteiger partial charge in [0.15, 0.2) is 0 Å². The van der Waals surface area contributed by atoms with Crippen LogP contribution in [0.25, 0.3) is 11.0 Å². The molecule has 0 radical (unpaired) electrons. The van der Waals surface area contributed by atoms with Crippen molar-refractivity contribution in [2.45, 2.75) is 19.4 Å². The largest absolute Gasteiger partial charge is 0.464 e. The molecule has 2 aromatic rings. The second-order valence-electron chi connectivity index (χ2n) is 3.75. The van der Waals surface area contributed by atoms with Gasteiger partial charge in [-0.15, -0.1) is 0 Å². The minimum atomic E-state index is -0.416. The van der Waals surface area contributed by atoms with Crippen molar-refractivity contribution < 1.29 is 4.42 Å². The molecule has 2 rings (SSSR count). The zero-order chi connectivity index (χ0) is 9.47. The van der Waals surface area contributed by atoms with Crippen molar-refractivity contribution in [3.05, 3.63) is 30.3 Å². The van der Waals surface area contributed by atoms with Crippen LogP contribution < -0.4 is 5.73 Å². The van der Waals surface area contributed by atoms with Gasteiger partial charge >= 0.3 is 0 Å². The molecule has 0 aliphatic carbocycles. The summed E-state index contributed by atoms with van der Waals surface area (Å²) in [7, 11) is 0. The molecule has 0 bridgehead atoms. The van der Waals surface area contributed by atoms with E-state index in [1.165, 1.54) is 0 Å². The predicted molar refractivity (Wildman–Crippen MR) is 51.2 cm³/mol. The quantitative estimate of drug-likeness (QED) is 0.723. The molecule has 0 aromatic carbocycles. The first kappa shape index (κ1) is 8.26. The lowest BCUT2D eigenvalue weighted by molar-refractivity contribution is 0.533. The van der Waals surface area contributed by atoms with Crippen LogP contribution in [0, 0.1) is 0 Å². The van der Waals surface area contributed by atoms with Crippen molar-refractivity contribution in [1.82, 2.24) is 4.98 Å². The standard InChI is InChI=1S/C10H12N2O/c1-10(2,11)9-5-8-7(6-12-9)3-4-13-8/h3-6H,11H2,1-2H3. The minimum Gasteiger partial charge on any atom is -0.464 e. The van der Waals surface area contributed by atoms with Gasteiger partial charge in [-0.05, 0) is 19.9 Å². The Labute approximate surface area is 76.6 Å². The third-order valence-corrected chi connectivity index (χ3v) is 2.00. The fourth-order valence-electron chi connectivity index (χ4n) is 1.21. The molecular weight excluding hydrogens is 164 g/mol. The van der Waals surface area contributed by atoms with Crippen LogP contribution in [-0.4, -0.2) is 4.98 Å². The summed E-state index contributed by atoms with van der Waals surface area (Å²) >= 11 is 0. The van der Waals surface area contributed by atoms with E-state index < -0.39 is 5.54 Å². The van der Waals surface area contributed by atoms with E-state index in [1.807, 2.05) is 26.0 Å². The lowest BCUT2D eigenvalue weighted by Crippen LogP contribution is -2.29. The molecule has 2 heterocycles. The number of furan rings is 1. The number of nitrogens with two attached hydrogens (primary N) is 1. The summed E-state index contributed by atoms with van der Waals surface area (Å²) < 4.78 is 5.26. The fourth-order valence-corrected chi connectivity index (χ4v) is 1.21. The maximum atomic E-state index is 5.91. The van der Waals surface area contributed by atoms with E-state index in [1.54, 1.807) is 12.5 Å². The predicted octanol–water partition coefficient (Wildman–Crippen LogP) is 2.02. The normalized spacial score (nSPS) is 12.2. The number of pyridine rings is 1. The maximum Gasteiger partial charge on any atom is 0.137 e. The molecule has 13 heavy (non-hydrogen) atoms. The highest BCUT2D eigenvalue weighted by Crippen LogP contribution is 2.20. The van der Waals surface area contributed by atoms with Gasteiger partial charge in [-0.1, -0.05) is 0 Å². The van der Waals surface area contributed by atoms with Crippen molar-refractivity contribution in [2.24, 2.45) is 5.73 Å². The maximum absolute atomic E-state index is 5.91. The second kappa shape index (κ2) is 2.57. The van der Waals surface area contributed by atoms with Crippen molar-refractivity contribution in [3.63, 3.8) is 0 Å². The summed E-state index contributed by atoms with van der Waals surface area (Å²) in [5, 5.41) is 1.01. The highest BCUT2D eigenvalue weighted by Gasteiger charge is 2.16. The topological polar surface area (TPSA) is 52.0 Å².